The van der Waals surface area contributed by atoms with E-state index in [1.807, 2.05) is 25.1 Å². The second-order valence-corrected chi connectivity index (χ2v) is 6.66. The molecule has 1 amide bonds. The van der Waals surface area contributed by atoms with E-state index >= 15 is 0 Å². The third-order valence-corrected chi connectivity index (χ3v) is 5.74. The average Bonchev–Trinajstić information content (AvgIpc) is 2.42. The minimum Gasteiger partial charge on any atom is -0.349 e. The van der Waals surface area contributed by atoms with Gasteiger partial charge in [-0.05, 0) is 53.2 Å². The molecule has 2 nitrogen and oxygen atoms in total. The largest absolute Gasteiger partial charge is 0.349 e. The van der Waals surface area contributed by atoms with Gasteiger partial charge in [0, 0.05) is 15.8 Å². The summed E-state index contributed by atoms with van der Waals surface area (Å²) in [6, 6.07) is 6.10. The topological polar surface area (TPSA) is 29.1 Å². The zero-order chi connectivity index (χ0) is 13.8. The molecule has 1 N–H and O–H groups in total. The average molecular weight is 389 g/mol. The van der Waals surface area contributed by atoms with Crippen molar-refractivity contribution in [2.45, 2.75) is 38.6 Å². The zero-order valence-corrected chi connectivity index (χ0v) is 14.3. The van der Waals surface area contributed by atoms with E-state index in [1.165, 1.54) is 19.3 Å². The van der Waals surface area contributed by atoms with Crippen LogP contribution in [0.5, 0.6) is 0 Å². The molecular weight excluding hydrogens is 370 g/mol. The fourth-order valence-corrected chi connectivity index (χ4v) is 3.87. The Morgan fingerprint density at radius 1 is 1.37 bits per heavy atom. The Kier molecular flexibility index (Phi) is 5.46. The SMILES string of the molecule is Cc1cccc(C(=O)NC2CCCCC2CBr)c1Br. The highest BCUT2D eigenvalue weighted by atomic mass is 79.9. The molecule has 1 aliphatic carbocycles. The Hall–Kier alpha value is -0.350. The van der Waals surface area contributed by atoms with Gasteiger partial charge in [0.05, 0.1) is 5.56 Å². The second kappa shape index (κ2) is 6.89. The van der Waals surface area contributed by atoms with E-state index < -0.39 is 0 Å². The number of benzene rings is 1. The van der Waals surface area contributed by atoms with Crippen LogP contribution in [0.4, 0.5) is 0 Å². The third-order valence-electron chi connectivity index (χ3n) is 3.86. The lowest BCUT2D eigenvalue weighted by Gasteiger charge is -2.31. The number of hydrogen-bond acceptors (Lipinski definition) is 1. The van der Waals surface area contributed by atoms with Crippen LogP contribution in [-0.4, -0.2) is 17.3 Å². The summed E-state index contributed by atoms with van der Waals surface area (Å²) < 4.78 is 0.902. The molecule has 1 aromatic carbocycles. The first kappa shape index (κ1) is 15.0. The number of halogens is 2. The molecule has 19 heavy (non-hydrogen) atoms. The Morgan fingerprint density at radius 3 is 2.84 bits per heavy atom. The quantitative estimate of drug-likeness (QED) is 0.762. The van der Waals surface area contributed by atoms with E-state index in [0.717, 1.165) is 27.4 Å². The van der Waals surface area contributed by atoms with Gasteiger partial charge in [-0.1, -0.05) is 40.9 Å². The maximum Gasteiger partial charge on any atom is 0.252 e. The molecule has 104 valence electrons. The maximum atomic E-state index is 12.4. The number of hydrogen-bond donors (Lipinski definition) is 1. The molecule has 0 bridgehead atoms. The van der Waals surface area contributed by atoms with Crippen molar-refractivity contribution in [1.82, 2.24) is 5.32 Å². The lowest BCUT2D eigenvalue weighted by molar-refractivity contribution is 0.0911. The van der Waals surface area contributed by atoms with Gasteiger partial charge < -0.3 is 5.32 Å². The van der Waals surface area contributed by atoms with Crippen LogP contribution in [0, 0.1) is 12.8 Å². The van der Waals surface area contributed by atoms with E-state index in [1.54, 1.807) is 0 Å². The second-order valence-electron chi connectivity index (χ2n) is 5.22. The number of nitrogens with one attached hydrogen (secondary N) is 1. The van der Waals surface area contributed by atoms with Crippen molar-refractivity contribution in [2.75, 3.05) is 5.33 Å². The van der Waals surface area contributed by atoms with Crippen LogP contribution in [0.2, 0.25) is 0 Å². The minimum atomic E-state index is 0.0356. The first-order chi connectivity index (χ1) is 9.13. The van der Waals surface area contributed by atoms with Crippen molar-refractivity contribution in [3.05, 3.63) is 33.8 Å². The van der Waals surface area contributed by atoms with E-state index in [-0.39, 0.29) is 5.91 Å². The van der Waals surface area contributed by atoms with Crippen LogP contribution >= 0.6 is 31.9 Å². The molecule has 1 saturated carbocycles. The van der Waals surface area contributed by atoms with Crippen molar-refractivity contribution < 1.29 is 4.79 Å². The first-order valence-corrected chi connectivity index (χ1v) is 8.67. The molecule has 2 atom stereocenters. The number of amides is 1. The highest BCUT2D eigenvalue weighted by Gasteiger charge is 2.26. The fourth-order valence-electron chi connectivity index (χ4n) is 2.65. The van der Waals surface area contributed by atoms with Crippen molar-refractivity contribution in [2.24, 2.45) is 5.92 Å². The molecule has 1 aromatic rings. The highest BCUT2D eigenvalue weighted by Crippen LogP contribution is 2.27. The van der Waals surface area contributed by atoms with Crippen LogP contribution in [-0.2, 0) is 0 Å². The summed E-state index contributed by atoms with van der Waals surface area (Å²) in [5.74, 6) is 0.592. The Morgan fingerprint density at radius 2 is 2.11 bits per heavy atom. The summed E-state index contributed by atoms with van der Waals surface area (Å²) >= 11 is 7.07. The van der Waals surface area contributed by atoms with Gasteiger partial charge in [0.1, 0.15) is 0 Å². The molecule has 0 aliphatic heterocycles. The summed E-state index contributed by atoms with van der Waals surface area (Å²) in [5.41, 5.74) is 1.83. The van der Waals surface area contributed by atoms with Gasteiger partial charge in [0.15, 0.2) is 0 Å². The van der Waals surface area contributed by atoms with Crippen molar-refractivity contribution in [3.8, 4) is 0 Å². The van der Waals surface area contributed by atoms with Crippen molar-refractivity contribution >= 4 is 37.8 Å². The molecule has 1 fully saturated rings. The van der Waals surface area contributed by atoms with Gasteiger partial charge in [0.25, 0.3) is 5.91 Å². The Balaban J connectivity index is 2.09. The summed E-state index contributed by atoms with van der Waals surface area (Å²) in [6.45, 7) is 2.00. The monoisotopic (exact) mass is 387 g/mol. The van der Waals surface area contributed by atoms with Crippen LogP contribution in [0.15, 0.2) is 22.7 Å². The highest BCUT2D eigenvalue weighted by molar-refractivity contribution is 9.10. The molecule has 0 heterocycles. The summed E-state index contributed by atoms with van der Waals surface area (Å²) in [4.78, 5) is 12.4. The number of alkyl halides is 1. The molecule has 0 aromatic heterocycles. The van der Waals surface area contributed by atoms with Crippen molar-refractivity contribution in [3.63, 3.8) is 0 Å². The van der Waals surface area contributed by atoms with Crippen LogP contribution in [0.1, 0.15) is 41.6 Å². The van der Waals surface area contributed by atoms with Crippen LogP contribution < -0.4 is 5.32 Å². The van der Waals surface area contributed by atoms with E-state index in [9.17, 15) is 4.79 Å². The first-order valence-electron chi connectivity index (χ1n) is 6.75. The Labute approximate surface area is 131 Å². The van der Waals surface area contributed by atoms with E-state index in [2.05, 4.69) is 37.2 Å². The van der Waals surface area contributed by atoms with Gasteiger partial charge in [0.2, 0.25) is 0 Å². The molecule has 2 rings (SSSR count). The lowest BCUT2D eigenvalue weighted by Crippen LogP contribution is -2.42. The molecule has 1 aliphatic rings. The molecule has 0 radical (unpaired) electrons. The van der Waals surface area contributed by atoms with Gasteiger partial charge in [-0.2, -0.15) is 0 Å². The number of aryl methyl sites for hydroxylation is 1. The normalized spacial score (nSPS) is 23.1. The molecule has 4 heteroatoms. The maximum absolute atomic E-state index is 12.4. The van der Waals surface area contributed by atoms with Crippen LogP contribution in [0.3, 0.4) is 0 Å². The number of carbonyl (C=O) groups is 1. The predicted molar refractivity (Wildman–Crippen MR) is 85.9 cm³/mol. The lowest BCUT2D eigenvalue weighted by atomic mass is 9.86. The number of carbonyl (C=O) groups excluding carboxylic acids is 1. The summed E-state index contributed by atoms with van der Waals surface area (Å²) in [7, 11) is 0. The standard InChI is InChI=1S/C15H19Br2NO/c1-10-5-4-7-12(14(10)17)15(19)18-13-8-3-2-6-11(13)9-16/h4-5,7,11,13H,2-3,6,8-9H2,1H3,(H,18,19). The number of rotatable bonds is 3. The van der Waals surface area contributed by atoms with E-state index in [4.69, 9.17) is 0 Å². The molecule has 2 unspecified atom stereocenters. The minimum absolute atomic E-state index is 0.0356. The molecule has 0 saturated heterocycles. The van der Waals surface area contributed by atoms with Gasteiger partial charge >= 0.3 is 0 Å². The molecular formula is C15H19Br2NO. The summed E-state index contributed by atoms with van der Waals surface area (Å²) in [5, 5.41) is 4.17. The van der Waals surface area contributed by atoms with Gasteiger partial charge in [-0.3, -0.25) is 4.79 Å². The predicted octanol–water partition coefficient (Wildman–Crippen LogP) is 4.44. The summed E-state index contributed by atoms with van der Waals surface area (Å²) in [6.07, 6.45) is 4.77. The smallest absolute Gasteiger partial charge is 0.252 e. The zero-order valence-electron chi connectivity index (χ0n) is 11.1. The van der Waals surface area contributed by atoms with Crippen LogP contribution in [0.25, 0.3) is 0 Å². The fraction of sp³-hybridized carbons (Fsp3) is 0.533. The van der Waals surface area contributed by atoms with Gasteiger partial charge in [-0.25, -0.2) is 0 Å². The Bertz CT molecular complexity index is 461. The molecule has 0 spiro atoms. The third kappa shape index (κ3) is 3.60. The van der Waals surface area contributed by atoms with E-state index in [0.29, 0.717) is 12.0 Å². The van der Waals surface area contributed by atoms with Gasteiger partial charge in [-0.15, -0.1) is 0 Å². The van der Waals surface area contributed by atoms with Crippen molar-refractivity contribution in [1.29, 1.82) is 0 Å².